The lowest BCUT2D eigenvalue weighted by molar-refractivity contribution is 0.318. The van der Waals surface area contributed by atoms with E-state index in [2.05, 4.69) is 15.1 Å². The van der Waals surface area contributed by atoms with Gasteiger partial charge in [0, 0.05) is 26.0 Å². The Morgan fingerprint density at radius 3 is 2.82 bits per heavy atom. The summed E-state index contributed by atoms with van der Waals surface area (Å²) in [4.78, 5) is 10.4. The van der Waals surface area contributed by atoms with Gasteiger partial charge in [0.25, 0.3) is 0 Å². The molecule has 0 aromatic carbocycles. The van der Waals surface area contributed by atoms with Crippen molar-refractivity contribution in [3.8, 4) is 0 Å². The maximum absolute atomic E-state index is 8.71. The zero-order valence-electron chi connectivity index (χ0n) is 9.87. The summed E-state index contributed by atoms with van der Waals surface area (Å²) in [5.74, 6) is 1.38. The summed E-state index contributed by atoms with van der Waals surface area (Å²) in [6.07, 6.45) is 6.99. The van der Waals surface area contributed by atoms with E-state index >= 15 is 0 Å². The number of oxime groups is 1. The van der Waals surface area contributed by atoms with E-state index in [0.29, 0.717) is 11.5 Å². The van der Waals surface area contributed by atoms with Crippen LogP contribution < -0.4 is 10.6 Å². The summed E-state index contributed by atoms with van der Waals surface area (Å²) < 4.78 is 0. The third-order valence-corrected chi connectivity index (χ3v) is 3.15. The molecule has 0 aliphatic heterocycles. The summed E-state index contributed by atoms with van der Waals surface area (Å²) in [6.45, 7) is 0.935. The van der Waals surface area contributed by atoms with Gasteiger partial charge < -0.3 is 15.8 Å². The molecule has 92 valence electrons. The highest BCUT2D eigenvalue weighted by Gasteiger charge is 2.21. The molecule has 0 unspecified atom stereocenters. The molecule has 1 aliphatic rings. The predicted octanol–water partition coefficient (Wildman–Crippen LogP) is 0.807. The highest BCUT2D eigenvalue weighted by Crippen LogP contribution is 2.28. The molecule has 6 heteroatoms. The van der Waals surface area contributed by atoms with Gasteiger partial charge in [-0.2, -0.15) is 0 Å². The van der Waals surface area contributed by atoms with Crippen LogP contribution >= 0.6 is 0 Å². The minimum absolute atomic E-state index is 0.00596. The van der Waals surface area contributed by atoms with Crippen LogP contribution in [0.3, 0.4) is 0 Å². The Hall–Kier alpha value is -1.85. The van der Waals surface area contributed by atoms with Crippen molar-refractivity contribution in [1.82, 2.24) is 9.97 Å². The molecular weight excluding hydrogens is 218 g/mol. The Morgan fingerprint density at radius 1 is 1.53 bits per heavy atom. The van der Waals surface area contributed by atoms with Crippen LogP contribution in [0.2, 0.25) is 0 Å². The van der Waals surface area contributed by atoms with Crippen molar-refractivity contribution in [3.05, 3.63) is 18.1 Å². The van der Waals surface area contributed by atoms with E-state index in [1.165, 1.54) is 25.5 Å². The van der Waals surface area contributed by atoms with E-state index in [9.17, 15) is 0 Å². The van der Waals surface area contributed by atoms with Crippen molar-refractivity contribution in [2.75, 3.05) is 18.5 Å². The monoisotopic (exact) mass is 235 g/mol. The number of aromatic nitrogens is 2. The molecule has 1 saturated carbocycles. The van der Waals surface area contributed by atoms with E-state index < -0.39 is 0 Å². The van der Waals surface area contributed by atoms with Crippen LogP contribution in [0.1, 0.15) is 25.0 Å². The van der Waals surface area contributed by atoms with E-state index in [4.69, 9.17) is 10.9 Å². The van der Waals surface area contributed by atoms with Crippen molar-refractivity contribution in [2.24, 2.45) is 16.8 Å². The first-order valence-electron chi connectivity index (χ1n) is 5.72. The topological polar surface area (TPSA) is 87.6 Å². The zero-order valence-corrected chi connectivity index (χ0v) is 9.87. The SMILES string of the molecule is CN(CC1CCC1)c1nccnc1C(N)=NO. The van der Waals surface area contributed by atoms with Crippen LogP contribution in [0, 0.1) is 5.92 Å². The van der Waals surface area contributed by atoms with Crippen LogP contribution in [0.15, 0.2) is 17.5 Å². The fourth-order valence-corrected chi connectivity index (χ4v) is 1.99. The summed E-state index contributed by atoms with van der Waals surface area (Å²) in [5.41, 5.74) is 6.01. The lowest BCUT2D eigenvalue weighted by atomic mass is 9.85. The third-order valence-electron chi connectivity index (χ3n) is 3.15. The van der Waals surface area contributed by atoms with Gasteiger partial charge in [0.05, 0.1) is 0 Å². The number of hydrogen-bond donors (Lipinski definition) is 2. The lowest BCUT2D eigenvalue weighted by Gasteiger charge is -2.31. The zero-order chi connectivity index (χ0) is 12.3. The van der Waals surface area contributed by atoms with Crippen molar-refractivity contribution in [3.63, 3.8) is 0 Å². The van der Waals surface area contributed by atoms with Crippen molar-refractivity contribution in [1.29, 1.82) is 0 Å². The molecule has 3 N–H and O–H groups in total. The first kappa shape index (κ1) is 11.6. The quantitative estimate of drug-likeness (QED) is 0.349. The normalized spacial score (nSPS) is 16.6. The molecule has 17 heavy (non-hydrogen) atoms. The standard InChI is InChI=1S/C11H17N5O/c1-16(7-8-3-2-4-8)11-9(10(12)15-17)13-5-6-14-11/h5-6,8,17H,2-4,7H2,1H3,(H2,12,15). The molecule has 1 aromatic heterocycles. The number of hydrogen-bond acceptors (Lipinski definition) is 5. The minimum Gasteiger partial charge on any atom is -0.409 e. The van der Waals surface area contributed by atoms with E-state index in [1.54, 1.807) is 6.20 Å². The van der Waals surface area contributed by atoms with Crippen LogP contribution in [0.4, 0.5) is 5.82 Å². The first-order valence-corrected chi connectivity index (χ1v) is 5.72. The summed E-state index contributed by atoms with van der Waals surface area (Å²) in [6, 6.07) is 0. The number of anilines is 1. The summed E-state index contributed by atoms with van der Waals surface area (Å²) in [5, 5.41) is 11.7. The molecule has 0 spiro atoms. The number of amidine groups is 1. The van der Waals surface area contributed by atoms with Crippen LogP contribution in [-0.2, 0) is 0 Å². The van der Waals surface area contributed by atoms with Gasteiger partial charge in [-0.15, -0.1) is 0 Å². The highest BCUT2D eigenvalue weighted by atomic mass is 16.4. The second kappa shape index (κ2) is 4.99. The molecule has 0 saturated heterocycles. The third kappa shape index (κ3) is 2.46. The van der Waals surface area contributed by atoms with Gasteiger partial charge >= 0.3 is 0 Å². The van der Waals surface area contributed by atoms with Crippen LogP contribution in [-0.4, -0.2) is 34.6 Å². The minimum atomic E-state index is -0.00596. The second-order valence-corrected chi connectivity index (χ2v) is 4.39. The van der Waals surface area contributed by atoms with Gasteiger partial charge in [-0.05, 0) is 18.8 Å². The number of nitrogens with two attached hydrogens (primary N) is 1. The van der Waals surface area contributed by atoms with Gasteiger partial charge in [-0.3, -0.25) is 0 Å². The summed E-state index contributed by atoms with van der Waals surface area (Å²) in [7, 11) is 1.95. The fourth-order valence-electron chi connectivity index (χ4n) is 1.99. The fraction of sp³-hybridized carbons (Fsp3) is 0.545. The average molecular weight is 235 g/mol. The second-order valence-electron chi connectivity index (χ2n) is 4.39. The maximum Gasteiger partial charge on any atom is 0.192 e. The van der Waals surface area contributed by atoms with Gasteiger partial charge in [0.15, 0.2) is 17.3 Å². The molecule has 1 fully saturated rings. The van der Waals surface area contributed by atoms with Gasteiger partial charge in [-0.25, -0.2) is 9.97 Å². The molecule has 1 heterocycles. The molecular formula is C11H17N5O. The van der Waals surface area contributed by atoms with Crippen LogP contribution in [0.25, 0.3) is 0 Å². The smallest absolute Gasteiger partial charge is 0.192 e. The van der Waals surface area contributed by atoms with Crippen molar-refractivity contribution >= 4 is 11.7 Å². The van der Waals surface area contributed by atoms with Crippen molar-refractivity contribution < 1.29 is 5.21 Å². The Balaban J connectivity index is 2.18. The molecule has 1 aliphatic carbocycles. The maximum atomic E-state index is 8.71. The molecule has 6 nitrogen and oxygen atoms in total. The van der Waals surface area contributed by atoms with E-state index in [1.807, 2.05) is 11.9 Å². The average Bonchev–Trinajstić information content (AvgIpc) is 2.32. The van der Waals surface area contributed by atoms with E-state index in [0.717, 1.165) is 12.5 Å². The molecule has 1 aromatic rings. The molecule has 0 bridgehead atoms. The number of nitrogens with zero attached hydrogens (tertiary/aromatic N) is 4. The van der Waals surface area contributed by atoms with Crippen LogP contribution in [0.5, 0.6) is 0 Å². The highest BCUT2D eigenvalue weighted by molar-refractivity contribution is 5.99. The van der Waals surface area contributed by atoms with Gasteiger partial charge in [0.2, 0.25) is 0 Å². The van der Waals surface area contributed by atoms with Crippen molar-refractivity contribution in [2.45, 2.75) is 19.3 Å². The predicted molar refractivity (Wildman–Crippen MR) is 65.2 cm³/mol. The van der Waals surface area contributed by atoms with E-state index in [-0.39, 0.29) is 5.84 Å². The molecule has 0 amide bonds. The Kier molecular flexibility index (Phi) is 3.41. The van der Waals surface area contributed by atoms with Gasteiger partial charge in [-0.1, -0.05) is 11.6 Å². The van der Waals surface area contributed by atoms with Gasteiger partial charge in [0.1, 0.15) is 0 Å². The summed E-state index contributed by atoms with van der Waals surface area (Å²) >= 11 is 0. The Morgan fingerprint density at radius 2 is 2.24 bits per heavy atom. The largest absolute Gasteiger partial charge is 0.409 e. The molecule has 0 atom stereocenters. The first-order chi connectivity index (χ1) is 8.22. The Labute approximate surface area is 100 Å². The molecule has 2 rings (SSSR count). The molecule has 0 radical (unpaired) electrons. The number of rotatable bonds is 4. The lowest BCUT2D eigenvalue weighted by Crippen LogP contribution is -2.32. The Bertz CT molecular complexity index is 416.